The van der Waals surface area contributed by atoms with Crippen molar-refractivity contribution in [2.45, 2.75) is 76.5 Å². The maximum absolute atomic E-state index is 13.2. The molecular formula is C23H46N10O5S. The number of carbonyl (C=O) groups is 4. The quantitative estimate of drug-likeness (QED) is 0.0425. The number of carboxylic acids is 1. The van der Waals surface area contributed by atoms with Gasteiger partial charge >= 0.3 is 5.97 Å². The van der Waals surface area contributed by atoms with Gasteiger partial charge in [0, 0.05) is 13.1 Å². The molecule has 0 aromatic carbocycles. The smallest absolute Gasteiger partial charge is 0.326 e. The Kier molecular flexibility index (Phi) is 18.1. The molecule has 4 atom stereocenters. The number of carboxylic acid groups (broad SMARTS) is 1. The van der Waals surface area contributed by atoms with Crippen LogP contribution in [0.5, 0.6) is 0 Å². The van der Waals surface area contributed by atoms with Gasteiger partial charge in [0.2, 0.25) is 17.7 Å². The molecule has 15 nitrogen and oxygen atoms in total. The molecule has 3 amide bonds. The zero-order valence-electron chi connectivity index (χ0n) is 23.0. The fraction of sp³-hybridized carbons (Fsp3) is 0.739. The summed E-state index contributed by atoms with van der Waals surface area (Å²) in [7, 11) is 0. The van der Waals surface area contributed by atoms with Gasteiger partial charge < -0.3 is 49.7 Å². The normalized spacial score (nSPS) is 13.9. The Morgan fingerprint density at radius 2 is 1.23 bits per heavy atom. The Morgan fingerprint density at radius 1 is 0.769 bits per heavy atom. The fourth-order valence-corrected chi connectivity index (χ4v) is 3.93. The lowest BCUT2D eigenvalue weighted by atomic mass is 10.0. The molecule has 16 heteroatoms. The van der Waals surface area contributed by atoms with Gasteiger partial charge in [0.15, 0.2) is 11.9 Å². The van der Waals surface area contributed by atoms with E-state index in [1.165, 1.54) is 0 Å². The van der Waals surface area contributed by atoms with Crippen LogP contribution < -0.4 is 44.6 Å². The minimum atomic E-state index is -1.23. The van der Waals surface area contributed by atoms with E-state index in [2.05, 4.69) is 25.9 Å². The highest BCUT2D eigenvalue weighted by Crippen LogP contribution is 2.09. The van der Waals surface area contributed by atoms with Crippen molar-refractivity contribution in [2.24, 2.45) is 44.6 Å². The minimum absolute atomic E-state index is 0.0129. The lowest BCUT2D eigenvalue weighted by Crippen LogP contribution is -2.57. The zero-order valence-corrected chi connectivity index (χ0v) is 23.8. The van der Waals surface area contributed by atoms with Crippen molar-refractivity contribution < 1.29 is 24.3 Å². The average molecular weight is 575 g/mol. The van der Waals surface area contributed by atoms with Crippen LogP contribution in [-0.2, 0) is 19.2 Å². The SMILES string of the molecule is CSCCC(N)C(=O)NC(CCCN=C(N)N)C(=O)NC(CC(C)C)C(=O)NC(CCCN=C(N)N)C(=O)O. The molecule has 0 aromatic heterocycles. The van der Waals surface area contributed by atoms with E-state index in [4.69, 9.17) is 28.7 Å². The molecule has 39 heavy (non-hydrogen) atoms. The second-order valence-corrected chi connectivity index (χ2v) is 10.4. The Bertz CT molecular complexity index is 847. The maximum atomic E-state index is 13.2. The first-order chi connectivity index (χ1) is 18.3. The number of aliphatic carboxylic acids is 1. The van der Waals surface area contributed by atoms with Crippen LogP contribution in [0.4, 0.5) is 0 Å². The maximum Gasteiger partial charge on any atom is 0.326 e. The summed E-state index contributed by atoms with van der Waals surface area (Å²) in [5.41, 5.74) is 27.2. The highest BCUT2D eigenvalue weighted by molar-refractivity contribution is 7.98. The molecule has 0 aliphatic heterocycles. The van der Waals surface area contributed by atoms with Gasteiger partial charge in [-0.1, -0.05) is 13.8 Å². The Labute approximate surface area is 233 Å². The highest BCUT2D eigenvalue weighted by atomic mass is 32.2. The second kappa shape index (κ2) is 19.7. The molecule has 0 radical (unpaired) electrons. The molecule has 0 bridgehead atoms. The van der Waals surface area contributed by atoms with E-state index in [0.717, 1.165) is 0 Å². The summed E-state index contributed by atoms with van der Waals surface area (Å²) < 4.78 is 0. The summed E-state index contributed by atoms with van der Waals surface area (Å²) >= 11 is 1.54. The number of aliphatic imine (C=N–C) groups is 2. The number of carbonyl (C=O) groups excluding carboxylic acids is 3. The van der Waals surface area contributed by atoms with Crippen LogP contribution in [0.2, 0.25) is 0 Å². The summed E-state index contributed by atoms with van der Waals surface area (Å²) in [4.78, 5) is 58.3. The second-order valence-electron chi connectivity index (χ2n) is 9.44. The number of rotatable bonds is 20. The first kappa shape index (κ1) is 35.7. The molecule has 0 fully saturated rings. The van der Waals surface area contributed by atoms with Crippen molar-refractivity contribution in [2.75, 3.05) is 25.1 Å². The zero-order chi connectivity index (χ0) is 30.0. The lowest BCUT2D eigenvalue weighted by molar-refractivity contribution is -0.142. The molecule has 4 unspecified atom stereocenters. The number of hydrogen-bond acceptors (Lipinski definition) is 8. The number of guanidine groups is 2. The number of nitrogens with zero attached hydrogens (tertiary/aromatic N) is 2. The van der Waals surface area contributed by atoms with E-state index < -0.39 is 47.9 Å². The largest absolute Gasteiger partial charge is 0.480 e. The van der Waals surface area contributed by atoms with E-state index in [9.17, 15) is 24.3 Å². The summed E-state index contributed by atoms with van der Waals surface area (Å²) in [6, 6.07) is -4.07. The van der Waals surface area contributed by atoms with Gasteiger partial charge in [-0.25, -0.2) is 4.79 Å². The van der Waals surface area contributed by atoms with Crippen molar-refractivity contribution in [3.63, 3.8) is 0 Å². The first-order valence-corrected chi connectivity index (χ1v) is 14.2. The standard InChI is InChI=1S/C23H46N10O5S/c1-13(2)12-17(20(36)32-16(21(37)38)7-5-10-30-23(27)28)33-19(35)15(6-4-9-29-22(25)26)31-18(34)14(24)8-11-39-3/h13-17H,4-12,24H2,1-3H3,(H,31,34)(H,32,36)(H,33,35)(H,37,38)(H4,25,26,29)(H4,27,28,30). The van der Waals surface area contributed by atoms with Crippen molar-refractivity contribution >= 4 is 47.4 Å². The topological polar surface area (TPSA) is 279 Å². The van der Waals surface area contributed by atoms with Crippen molar-refractivity contribution in [3.05, 3.63) is 0 Å². The Hall–Kier alpha value is -3.27. The van der Waals surface area contributed by atoms with Crippen LogP contribution in [0.15, 0.2) is 9.98 Å². The van der Waals surface area contributed by atoms with E-state index in [-0.39, 0.29) is 50.2 Å². The number of nitrogens with one attached hydrogen (secondary N) is 3. The molecule has 0 aromatic rings. The molecule has 0 aliphatic rings. The number of thioether (sulfide) groups is 1. The van der Waals surface area contributed by atoms with Gasteiger partial charge in [-0.15, -0.1) is 0 Å². The van der Waals surface area contributed by atoms with Crippen LogP contribution in [0.3, 0.4) is 0 Å². The average Bonchev–Trinajstić information content (AvgIpc) is 2.84. The third kappa shape index (κ3) is 17.0. The van der Waals surface area contributed by atoms with Gasteiger partial charge in [-0.2, -0.15) is 11.8 Å². The van der Waals surface area contributed by atoms with Crippen molar-refractivity contribution in [1.82, 2.24) is 16.0 Å². The monoisotopic (exact) mass is 574 g/mol. The van der Waals surface area contributed by atoms with E-state index in [0.29, 0.717) is 25.0 Å². The Morgan fingerprint density at radius 3 is 1.69 bits per heavy atom. The molecule has 0 spiro atoms. The van der Waals surface area contributed by atoms with Crippen LogP contribution in [0.1, 0.15) is 52.4 Å². The van der Waals surface area contributed by atoms with Gasteiger partial charge in [-0.05, 0) is 56.5 Å². The molecule has 0 heterocycles. The van der Waals surface area contributed by atoms with Gasteiger partial charge in [-0.3, -0.25) is 24.4 Å². The summed E-state index contributed by atoms with van der Waals surface area (Å²) in [5, 5.41) is 17.4. The van der Waals surface area contributed by atoms with E-state index >= 15 is 0 Å². The summed E-state index contributed by atoms with van der Waals surface area (Å²) in [6.45, 7) is 4.15. The Balaban J connectivity index is 5.57. The molecule has 0 saturated carbocycles. The third-order valence-corrected chi connectivity index (χ3v) is 6.09. The highest BCUT2D eigenvalue weighted by Gasteiger charge is 2.30. The lowest BCUT2D eigenvalue weighted by Gasteiger charge is -2.26. The number of nitrogens with two attached hydrogens (primary N) is 5. The number of hydrogen-bond donors (Lipinski definition) is 9. The van der Waals surface area contributed by atoms with E-state index in [1.807, 2.05) is 20.1 Å². The molecular weight excluding hydrogens is 528 g/mol. The van der Waals surface area contributed by atoms with Gasteiger partial charge in [0.1, 0.15) is 18.1 Å². The molecule has 0 rings (SSSR count). The van der Waals surface area contributed by atoms with Crippen molar-refractivity contribution in [3.8, 4) is 0 Å². The predicted octanol–water partition coefficient (Wildman–Crippen LogP) is -2.24. The van der Waals surface area contributed by atoms with Gasteiger partial charge in [0.25, 0.3) is 0 Å². The molecule has 14 N–H and O–H groups in total. The predicted molar refractivity (Wildman–Crippen MR) is 154 cm³/mol. The summed E-state index contributed by atoms with van der Waals surface area (Å²) in [5.74, 6) is -2.55. The van der Waals surface area contributed by atoms with Crippen LogP contribution in [0.25, 0.3) is 0 Å². The molecule has 224 valence electrons. The van der Waals surface area contributed by atoms with Crippen LogP contribution >= 0.6 is 11.8 Å². The molecule has 0 aliphatic carbocycles. The number of amides is 3. The van der Waals surface area contributed by atoms with E-state index in [1.54, 1.807) is 11.8 Å². The van der Waals surface area contributed by atoms with Crippen LogP contribution in [-0.4, -0.2) is 90.0 Å². The van der Waals surface area contributed by atoms with Crippen molar-refractivity contribution in [1.29, 1.82) is 0 Å². The van der Waals surface area contributed by atoms with Gasteiger partial charge in [0.05, 0.1) is 6.04 Å². The third-order valence-electron chi connectivity index (χ3n) is 5.45. The fourth-order valence-electron chi connectivity index (χ4n) is 3.44. The first-order valence-electron chi connectivity index (χ1n) is 12.8. The minimum Gasteiger partial charge on any atom is -0.480 e. The summed E-state index contributed by atoms with van der Waals surface area (Å²) in [6.07, 6.45) is 3.50. The van der Waals surface area contributed by atoms with Crippen LogP contribution in [0, 0.1) is 5.92 Å². The molecule has 0 saturated heterocycles.